The topological polar surface area (TPSA) is 149 Å². The number of carbonyl (C=O) groups excluding carboxylic acids is 2. The summed E-state index contributed by atoms with van der Waals surface area (Å²) in [6.07, 6.45) is -2.22. The third-order valence-electron chi connectivity index (χ3n) is 5.76. The molecule has 204 valence electrons. The predicted molar refractivity (Wildman–Crippen MR) is 134 cm³/mol. The van der Waals surface area contributed by atoms with Crippen LogP contribution in [0, 0.1) is 0 Å². The summed E-state index contributed by atoms with van der Waals surface area (Å²) in [5.41, 5.74) is -2.70. The molecule has 15 heteroatoms. The number of aromatic nitrogens is 5. The second kappa shape index (κ2) is 10.2. The van der Waals surface area contributed by atoms with Crippen LogP contribution in [0.25, 0.3) is 10.4 Å². The molecular weight excluding hydrogens is 525 g/mol. The van der Waals surface area contributed by atoms with Crippen molar-refractivity contribution < 1.29 is 22.8 Å². The smallest absolute Gasteiger partial charge is 0.365 e. The van der Waals surface area contributed by atoms with Crippen LogP contribution in [-0.2, 0) is 12.7 Å². The molecule has 0 aromatic carbocycles. The molecule has 0 unspecified atom stereocenters. The van der Waals surface area contributed by atoms with E-state index in [1.54, 1.807) is 25.7 Å². The average molecular weight is 553 g/mol. The molecule has 4 N–H and O–H groups in total. The SMILES string of the molecule is C[C@H]1CCCN1C(=O)c1nc(C(=O)NCc2n[nH]c(=O)[nH]2)sc1-c1cnc(NC(C)(C)C)cc1C(F)(F)F. The lowest BCUT2D eigenvalue weighted by Gasteiger charge is -2.23. The number of rotatable bonds is 6. The van der Waals surface area contributed by atoms with Gasteiger partial charge in [0.2, 0.25) is 0 Å². The van der Waals surface area contributed by atoms with Gasteiger partial charge in [-0.1, -0.05) is 0 Å². The fourth-order valence-corrected chi connectivity index (χ4v) is 5.07. The van der Waals surface area contributed by atoms with E-state index in [1.165, 1.54) is 0 Å². The van der Waals surface area contributed by atoms with E-state index in [1.807, 2.05) is 6.92 Å². The molecule has 4 rings (SSSR count). The molecule has 3 aromatic heterocycles. The van der Waals surface area contributed by atoms with Gasteiger partial charge in [0.1, 0.15) is 17.3 Å². The number of anilines is 1. The average Bonchev–Trinajstić information content (AvgIpc) is 3.55. The van der Waals surface area contributed by atoms with E-state index in [4.69, 9.17) is 0 Å². The summed E-state index contributed by atoms with van der Waals surface area (Å²) in [5, 5.41) is 11.1. The van der Waals surface area contributed by atoms with Crippen molar-refractivity contribution in [3.8, 4) is 10.4 Å². The van der Waals surface area contributed by atoms with Gasteiger partial charge < -0.3 is 15.5 Å². The highest BCUT2D eigenvalue weighted by molar-refractivity contribution is 7.17. The minimum absolute atomic E-state index is 0.0186. The van der Waals surface area contributed by atoms with Gasteiger partial charge in [-0.2, -0.15) is 18.3 Å². The summed E-state index contributed by atoms with van der Waals surface area (Å²) >= 11 is 0.667. The van der Waals surface area contributed by atoms with Gasteiger partial charge in [-0.15, -0.1) is 11.3 Å². The molecule has 0 spiro atoms. The van der Waals surface area contributed by atoms with E-state index in [2.05, 4.69) is 35.8 Å². The lowest BCUT2D eigenvalue weighted by molar-refractivity contribution is -0.137. The molecule has 0 saturated carbocycles. The Hall–Kier alpha value is -3.75. The van der Waals surface area contributed by atoms with Gasteiger partial charge in [-0.25, -0.2) is 19.9 Å². The summed E-state index contributed by atoms with van der Waals surface area (Å²) < 4.78 is 42.7. The van der Waals surface area contributed by atoms with E-state index in [9.17, 15) is 27.6 Å². The zero-order valence-corrected chi connectivity index (χ0v) is 21.9. The van der Waals surface area contributed by atoms with E-state index in [0.29, 0.717) is 17.9 Å². The van der Waals surface area contributed by atoms with Crippen molar-refractivity contribution >= 4 is 29.0 Å². The molecule has 1 aliphatic heterocycles. The first-order valence-electron chi connectivity index (χ1n) is 11.8. The molecule has 38 heavy (non-hydrogen) atoms. The van der Waals surface area contributed by atoms with E-state index in [0.717, 1.165) is 25.1 Å². The number of carbonyl (C=O) groups is 2. The normalized spacial score (nSPS) is 16.1. The molecule has 11 nitrogen and oxygen atoms in total. The van der Waals surface area contributed by atoms with Crippen LogP contribution in [0.1, 0.15) is 72.2 Å². The number of aromatic amines is 2. The van der Waals surface area contributed by atoms with Gasteiger partial charge in [0.25, 0.3) is 11.8 Å². The second-order valence-electron chi connectivity index (χ2n) is 9.98. The third-order valence-corrected chi connectivity index (χ3v) is 6.85. The van der Waals surface area contributed by atoms with Crippen molar-refractivity contribution in [1.29, 1.82) is 0 Å². The van der Waals surface area contributed by atoms with Crippen molar-refractivity contribution in [3.05, 3.63) is 44.8 Å². The van der Waals surface area contributed by atoms with Crippen molar-refractivity contribution in [2.24, 2.45) is 0 Å². The zero-order chi connectivity index (χ0) is 27.8. The number of H-pyrrole nitrogens is 2. The zero-order valence-electron chi connectivity index (χ0n) is 21.1. The van der Waals surface area contributed by atoms with Crippen LogP contribution in [0.5, 0.6) is 0 Å². The minimum atomic E-state index is -4.77. The minimum Gasteiger partial charge on any atom is -0.365 e. The Labute approximate surface area is 219 Å². The van der Waals surface area contributed by atoms with Crippen molar-refractivity contribution in [2.75, 3.05) is 11.9 Å². The van der Waals surface area contributed by atoms with E-state index >= 15 is 0 Å². The van der Waals surface area contributed by atoms with Crippen LogP contribution in [0.2, 0.25) is 0 Å². The molecule has 1 fully saturated rings. The van der Waals surface area contributed by atoms with Gasteiger partial charge in [-0.05, 0) is 46.6 Å². The molecule has 0 bridgehead atoms. The lowest BCUT2D eigenvalue weighted by atomic mass is 10.1. The third kappa shape index (κ3) is 6.03. The molecular formula is C23H27F3N8O3S. The number of nitrogens with zero attached hydrogens (tertiary/aromatic N) is 4. The number of alkyl halides is 3. The Balaban J connectivity index is 1.77. The molecule has 2 amide bonds. The highest BCUT2D eigenvalue weighted by atomic mass is 32.1. The lowest BCUT2D eigenvalue weighted by Crippen LogP contribution is -2.34. The van der Waals surface area contributed by atoms with Crippen molar-refractivity contribution in [1.82, 2.24) is 35.4 Å². The Morgan fingerprint density at radius 2 is 2.00 bits per heavy atom. The number of hydrogen-bond donors (Lipinski definition) is 4. The molecule has 1 saturated heterocycles. The molecule has 0 aliphatic carbocycles. The maximum absolute atomic E-state index is 14.2. The first-order chi connectivity index (χ1) is 17.7. The maximum atomic E-state index is 14.2. The maximum Gasteiger partial charge on any atom is 0.417 e. The van der Waals surface area contributed by atoms with Crippen LogP contribution in [0.15, 0.2) is 17.1 Å². The highest BCUT2D eigenvalue weighted by Crippen LogP contribution is 2.42. The van der Waals surface area contributed by atoms with Crippen LogP contribution in [-0.4, -0.2) is 60.0 Å². The Morgan fingerprint density at radius 1 is 1.26 bits per heavy atom. The number of pyridine rings is 1. The monoisotopic (exact) mass is 552 g/mol. The predicted octanol–water partition coefficient (Wildman–Crippen LogP) is 3.40. The second-order valence-corrected chi connectivity index (χ2v) is 11.0. The Bertz CT molecular complexity index is 1410. The summed E-state index contributed by atoms with van der Waals surface area (Å²) in [6.45, 7) is 7.49. The summed E-state index contributed by atoms with van der Waals surface area (Å²) in [7, 11) is 0. The van der Waals surface area contributed by atoms with Crippen LogP contribution in [0.4, 0.5) is 19.0 Å². The summed E-state index contributed by atoms with van der Waals surface area (Å²) in [4.78, 5) is 49.7. The van der Waals surface area contributed by atoms with Crippen molar-refractivity contribution in [3.63, 3.8) is 0 Å². The summed E-state index contributed by atoms with van der Waals surface area (Å²) in [5.74, 6) is -1.12. The quantitative estimate of drug-likeness (QED) is 0.366. The van der Waals surface area contributed by atoms with Gasteiger partial charge in [0, 0.05) is 29.9 Å². The molecule has 1 aliphatic rings. The molecule has 0 radical (unpaired) electrons. The number of halogens is 3. The number of hydrogen-bond acceptors (Lipinski definition) is 8. The van der Waals surface area contributed by atoms with Crippen molar-refractivity contribution in [2.45, 2.75) is 64.8 Å². The molecule has 3 aromatic rings. The fraction of sp³-hybridized carbons (Fsp3) is 0.478. The summed E-state index contributed by atoms with van der Waals surface area (Å²) in [6, 6.07) is 0.769. The van der Waals surface area contributed by atoms with Gasteiger partial charge >= 0.3 is 11.9 Å². The standard InChI is InChI=1S/C23H27F3N8O3S/c1-11-6-5-7-34(11)20(36)16-17(38-19(30-16)18(35)28-10-15-29-21(37)33-32-15)12-9-27-14(31-22(2,3)4)8-13(12)23(24,25)26/h8-9,11H,5-7,10H2,1-4H3,(H,27,31)(H,28,35)(H2,29,32,33,37)/t11-/m0/s1. The van der Waals surface area contributed by atoms with Crippen LogP contribution < -0.4 is 16.3 Å². The van der Waals surface area contributed by atoms with Crippen LogP contribution in [0.3, 0.4) is 0 Å². The first-order valence-corrected chi connectivity index (χ1v) is 12.6. The highest BCUT2D eigenvalue weighted by Gasteiger charge is 2.38. The Kier molecular flexibility index (Phi) is 7.32. The Morgan fingerprint density at radius 3 is 2.58 bits per heavy atom. The number of thiazole rings is 1. The van der Waals surface area contributed by atoms with Gasteiger partial charge in [0.15, 0.2) is 5.01 Å². The molecule has 4 heterocycles. The fourth-order valence-electron chi connectivity index (χ4n) is 4.07. The largest absolute Gasteiger partial charge is 0.417 e. The number of amides is 2. The number of nitrogens with one attached hydrogen (secondary N) is 4. The number of likely N-dealkylation sites (tertiary alicyclic amines) is 1. The van der Waals surface area contributed by atoms with E-state index in [-0.39, 0.29) is 45.4 Å². The van der Waals surface area contributed by atoms with Gasteiger partial charge in [-0.3, -0.25) is 14.6 Å². The molecule has 1 atom stereocenters. The van der Waals surface area contributed by atoms with Crippen LogP contribution >= 0.6 is 11.3 Å². The first kappa shape index (κ1) is 27.3. The van der Waals surface area contributed by atoms with E-state index < -0.39 is 34.8 Å². The van der Waals surface area contributed by atoms with Gasteiger partial charge in [0.05, 0.1) is 17.0 Å².